The second-order valence-corrected chi connectivity index (χ2v) is 5.98. The molecule has 1 aromatic carbocycles. The zero-order valence-corrected chi connectivity index (χ0v) is 14.3. The lowest BCUT2D eigenvalue weighted by Crippen LogP contribution is -2.37. The standard InChI is InChI=1S/C19H22N4O2/c1-2-18(24)20-13-16-12-17-14-22(10-11-23(17)21-16)19(25)9-8-15-6-4-3-5-7-15/h3-9,12H,2,10-11,13-14H2,1H3,(H,20,24). The Kier molecular flexibility index (Phi) is 5.28. The number of hydrogen-bond donors (Lipinski definition) is 1. The average Bonchev–Trinajstić information content (AvgIpc) is 3.07. The SMILES string of the molecule is CCC(=O)NCc1cc2n(n1)CCN(C(=O)C=Cc1ccccc1)C2. The first-order chi connectivity index (χ1) is 12.2. The molecule has 1 aromatic heterocycles. The van der Waals surface area contributed by atoms with Crippen LogP contribution in [0.5, 0.6) is 0 Å². The molecule has 3 rings (SSSR count). The van der Waals surface area contributed by atoms with E-state index in [0.29, 0.717) is 32.6 Å². The highest BCUT2D eigenvalue weighted by atomic mass is 16.2. The molecule has 0 aliphatic carbocycles. The van der Waals surface area contributed by atoms with Crippen LogP contribution in [-0.2, 0) is 29.2 Å². The van der Waals surface area contributed by atoms with Gasteiger partial charge >= 0.3 is 0 Å². The summed E-state index contributed by atoms with van der Waals surface area (Å²) >= 11 is 0. The van der Waals surface area contributed by atoms with E-state index >= 15 is 0 Å². The molecule has 0 unspecified atom stereocenters. The Morgan fingerprint density at radius 1 is 1.24 bits per heavy atom. The van der Waals surface area contributed by atoms with Crippen molar-refractivity contribution in [2.24, 2.45) is 0 Å². The maximum atomic E-state index is 12.4. The van der Waals surface area contributed by atoms with E-state index in [1.54, 1.807) is 6.08 Å². The molecule has 1 aliphatic heterocycles. The molecule has 0 radical (unpaired) electrons. The quantitative estimate of drug-likeness (QED) is 0.848. The highest BCUT2D eigenvalue weighted by Crippen LogP contribution is 2.14. The number of nitrogens with one attached hydrogen (secondary N) is 1. The number of benzene rings is 1. The molecule has 0 atom stereocenters. The molecule has 0 saturated heterocycles. The van der Waals surface area contributed by atoms with Crippen LogP contribution in [0.2, 0.25) is 0 Å². The number of hydrogen-bond acceptors (Lipinski definition) is 3. The van der Waals surface area contributed by atoms with Gasteiger partial charge in [0.1, 0.15) is 0 Å². The van der Waals surface area contributed by atoms with Gasteiger partial charge in [-0.2, -0.15) is 5.10 Å². The average molecular weight is 338 g/mol. The van der Waals surface area contributed by atoms with Gasteiger partial charge in [0.2, 0.25) is 11.8 Å². The molecule has 130 valence electrons. The smallest absolute Gasteiger partial charge is 0.246 e. The lowest BCUT2D eigenvalue weighted by molar-refractivity contribution is -0.127. The van der Waals surface area contributed by atoms with Crippen LogP contribution in [0.1, 0.15) is 30.3 Å². The Bertz CT molecular complexity index is 780. The maximum Gasteiger partial charge on any atom is 0.246 e. The summed E-state index contributed by atoms with van der Waals surface area (Å²) in [5, 5.41) is 7.31. The van der Waals surface area contributed by atoms with Gasteiger partial charge in [-0.1, -0.05) is 37.3 Å². The van der Waals surface area contributed by atoms with Crippen molar-refractivity contribution in [3.05, 3.63) is 59.4 Å². The number of amides is 2. The lowest BCUT2D eigenvalue weighted by Gasteiger charge is -2.26. The molecule has 6 nitrogen and oxygen atoms in total. The van der Waals surface area contributed by atoms with Crippen LogP contribution < -0.4 is 5.32 Å². The molecule has 25 heavy (non-hydrogen) atoms. The molecular formula is C19H22N4O2. The number of aromatic nitrogens is 2. The molecule has 0 saturated carbocycles. The Labute approximate surface area is 147 Å². The first kappa shape index (κ1) is 17.0. The van der Waals surface area contributed by atoms with Crippen molar-refractivity contribution < 1.29 is 9.59 Å². The molecule has 2 aromatic rings. The summed E-state index contributed by atoms with van der Waals surface area (Å²) in [5.74, 6) is 0.00552. The van der Waals surface area contributed by atoms with Gasteiger partial charge in [0.25, 0.3) is 0 Å². The summed E-state index contributed by atoms with van der Waals surface area (Å²) in [7, 11) is 0. The topological polar surface area (TPSA) is 67.2 Å². The molecule has 2 heterocycles. The van der Waals surface area contributed by atoms with E-state index in [1.807, 2.05) is 59.0 Å². The zero-order valence-electron chi connectivity index (χ0n) is 14.3. The predicted octanol–water partition coefficient (Wildman–Crippen LogP) is 1.96. The van der Waals surface area contributed by atoms with Gasteiger partial charge in [0, 0.05) is 19.0 Å². The second-order valence-electron chi connectivity index (χ2n) is 5.98. The fourth-order valence-electron chi connectivity index (χ4n) is 2.75. The van der Waals surface area contributed by atoms with Gasteiger partial charge in [-0.15, -0.1) is 0 Å². The van der Waals surface area contributed by atoms with E-state index in [2.05, 4.69) is 10.4 Å². The fourth-order valence-corrected chi connectivity index (χ4v) is 2.75. The Morgan fingerprint density at radius 3 is 2.80 bits per heavy atom. The summed E-state index contributed by atoms with van der Waals surface area (Å²) in [6.45, 7) is 4.08. The number of nitrogens with zero attached hydrogens (tertiary/aromatic N) is 3. The van der Waals surface area contributed by atoms with Crippen molar-refractivity contribution >= 4 is 17.9 Å². The van der Waals surface area contributed by atoms with E-state index in [-0.39, 0.29) is 11.8 Å². The predicted molar refractivity (Wildman–Crippen MR) is 95.3 cm³/mol. The van der Waals surface area contributed by atoms with Crippen molar-refractivity contribution in [3.63, 3.8) is 0 Å². The zero-order chi connectivity index (χ0) is 17.6. The third-order valence-corrected chi connectivity index (χ3v) is 4.17. The summed E-state index contributed by atoms with van der Waals surface area (Å²) in [6, 6.07) is 11.7. The first-order valence-electron chi connectivity index (χ1n) is 8.50. The third-order valence-electron chi connectivity index (χ3n) is 4.17. The minimum atomic E-state index is -0.00265. The van der Waals surface area contributed by atoms with E-state index in [4.69, 9.17) is 0 Å². The summed E-state index contributed by atoms with van der Waals surface area (Å²) in [4.78, 5) is 25.6. The summed E-state index contributed by atoms with van der Waals surface area (Å²) < 4.78 is 1.91. The Balaban J connectivity index is 1.60. The van der Waals surface area contributed by atoms with Crippen LogP contribution in [0.4, 0.5) is 0 Å². The fraction of sp³-hybridized carbons (Fsp3) is 0.316. The third kappa shape index (κ3) is 4.35. The molecular weight excluding hydrogens is 316 g/mol. The van der Waals surface area contributed by atoms with E-state index in [1.165, 1.54) is 0 Å². The van der Waals surface area contributed by atoms with Crippen molar-refractivity contribution in [1.82, 2.24) is 20.0 Å². The second kappa shape index (κ2) is 7.79. The first-order valence-corrected chi connectivity index (χ1v) is 8.50. The van der Waals surface area contributed by atoms with Gasteiger partial charge < -0.3 is 10.2 Å². The van der Waals surface area contributed by atoms with Crippen LogP contribution in [0.25, 0.3) is 6.08 Å². The molecule has 0 spiro atoms. The molecule has 0 fully saturated rings. The van der Waals surface area contributed by atoms with Gasteiger partial charge in [-0.25, -0.2) is 0 Å². The van der Waals surface area contributed by atoms with E-state index in [0.717, 1.165) is 17.0 Å². The van der Waals surface area contributed by atoms with Crippen LogP contribution in [0.3, 0.4) is 0 Å². The van der Waals surface area contributed by atoms with Crippen molar-refractivity contribution in [3.8, 4) is 0 Å². The van der Waals surface area contributed by atoms with Crippen LogP contribution in [0.15, 0.2) is 42.5 Å². The van der Waals surface area contributed by atoms with E-state index < -0.39 is 0 Å². The normalized spacial score (nSPS) is 13.7. The number of carbonyl (C=O) groups is 2. The minimum Gasteiger partial charge on any atom is -0.350 e. The Hall–Kier alpha value is -2.89. The lowest BCUT2D eigenvalue weighted by atomic mass is 10.2. The molecule has 0 bridgehead atoms. The maximum absolute atomic E-state index is 12.4. The largest absolute Gasteiger partial charge is 0.350 e. The van der Waals surface area contributed by atoms with E-state index in [9.17, 15) is 9.59 Å². The Morgan fingerprint density at radius 2 is 2.04 bits per heavy atom. The van der Waals surface area contributed by atoms with Gasteiger partial charge in [-0.3, -0.25) is 14.3 Å². The molecule has 2 amide bonds. The van der Waals surface area contributed by atoms with Gasteiger partial charge in [0.15, 0.2) is 0 Å². The number of fused-ring (bicyclic) bond motifs is 1. The van der Waals surface area contributed by atoms with Crippen molar-refractivity contribution in [2.75, 3.05) is 6.54 Å². The molecule has 6 heteroatoms. The highest BCUT2D eigenvalue weighted by Gasteiger charge is 2.21. The van der Waals surface area contributed by atoms with Crippen molar-refractivity contribution in [2.45, 2.75) is 33.0 Å². The van der Waals surface area contributed by atoms with Gasteiger partial charge in [-0.05, 0) is 17.7 Å². The van der Waals surface area contributed by atoms with Crippen LogP contribution >= 0.6 is 0 Å². The molecule has 1 aliphatic rings. The van der Waals surface area contributed by atoms with Gasteiger partial charge in [0.05, 0.1) is 31.0 Å². The molecule has 1 N–H and O–H groups in total. The minimum absolute atomic E-state index is 0.00265. The number of rotatable bonds is 5. The number of carbonyl (C=O) groups excluding carboxylic acids is 2. The van der Waals surface area contributed by atoms with Crippen molar-refractivity contribution in [1.29, 1.82) is 0 Å². The van der Waals surface area contributed by atoms with Crippen LogP contribution in [0, 0.1) is 0 Å². The summed E-state index contributed by atoms with van der Waals surface area (Å²) in [5.41, 5.74) is 2.83. The summed E-state index contributed by atoms with van der Waals surface area (Å²) in [6.07, 6.45) is 3.91. The highest BCUT2D eigenvalue weighted by molar-refractivity contribution is 5.91. The van der Waals surface area contributed by atoms with Crippen LogP contribution in [-0.4, -0.2) is 33.0 Å². The monoisotopic (exact) mass is 338 g/mol.